The van der Waals surface area contributed by atoms with E-state index in [1.54, 1.807) is 0 Å². The van der Waals surface area contributed by atoms with Crippen LogP contribution in [0.2, 0.25) is 0 Å². The summed E-state index contributed by atoms with van der Waals surface area (Å²) in [4.78, 5) is 17.3. The number of nitrogens with zero attached hydrogens (tertiary/aromatic N) is 3. The predicted octanol–water partition coefficient (Wildman–Crippen LogP) is 2.01. The summed E-state index contributed by atoms with van der Waals surface area (Å²) in [5.74, 6) is 0. The first kappa shape index (κ1) is 13.6. The summed E-state index contributed by atoms with van der Waals surface area (Å²) in [6, 6.07) is 3.65. The number of alkyl halides is 3. The summed E-state index contributed by atoms with van der Waals surface area (Å²) in [5, 5.41) is 5.32. The number of halogens is 3. The van der Waals surface area contributed by atoms with Crippen LogP contribution in [0.1, 0.15) is 22.5 Å². The van der Waals surface area contributed by atoms with Gasteiger partial charge in [-0.15, -0.1) is 0 Å². The van der Waals surface area contributed by atoms with E-state index in [9.17, 15) is 18.0 Å². The zero-order valence-corrected chi connectivity index (χ0v) is 11.0. The quantitative estimate of drug-likeness (QED) is 0.874. The van der Waals surface area contributed by atoms with Crippen molar-refractivity contribution >= 4 is 5.69 Å². The van der Waals surface area contributed by atoms with Crippen LogP contribution in [0.15, 0.2) is 23.1 Å². The molecule has 5 nitrogen and oxygen atoms in total. The summed E-state index contributed by atoms with van der Waals surface area (Å²) in [6.07, 6.45) is -3.70. The minimum absolute atomic E-state index is 0.220. The standard InChI is InChI=1S/C13H11F3N4O/c1-7-2-3-8-5-20(6-9(8)18-7)10-4-17-19-12(21)11(10)13(14,15)16/h2-4H,5-6H2,1H3,(H,19,21). The lowest BCUT2D eigenvalue weighted by Gasteiger charge is -2.20. The zero-order chi connectivity index (χ0) is 15.2. The summed E-state index contributed by atoms with van der Waals surface area (Å²) < 4.78 is 39.2. The molecular formula is C13H11F3N4O. The molecule has 0 bridgehead atoms. The number of anilines is 1. The lowest BCUT2D eigenvalue weighted by Crippen LogP contribution is -2.28. The molecule has 3 rings (SSSR count). The van der Waals surface area contributed by atoms with Crippen LogP contribution < -0.4 is 10.5 Å². The Bertz CT molecular complexity index is 754. The molecule has 0 fully saturated rings. The Morgan fingerprint density at radius 1 is 1.29 bits per heavy atom. The number of H-pyrrole nitrogens is 1. The number of pyridine rings is 1. The summed E-state index contributed by atoms with van der Waals surface area (Å²) in [7, 11) is 0. The zero-order valence-electron chi connectivity index (χ0n) is 11.0. The average Bonchev–Trinajstić information content (AvgIpc) is 2.79. The Morgan fingerprint density at radius 2 is 2.05 bits per heavy atom. The molecule has 0 spiro atoms. The molecule has 3 heterocycles. The van der Waals surface area contributed by atoms with Gasteiger partial charge in [0.15, 0.2) is 0 Å². The third kappa shape index (κ3) is 2.37. The maximum Gasteiger partial charge on any atom is 0.423 e. The summed E-state index contributed by atoms with van der Waals surface area (Å²) in [5.41, 5.74) is -0.294. The maximum atomic E-state index is 13.1. The van der Waals surface area contributed by atoms with Crippen LogP contribution in [-0.4, -0.2) is 15.2 Å². The Labute approximate surface area is 117 Å². The number of nitrogens with one attached hydrogen (secondary N) is 1. The maximum absolute atomic E-state index is 13.1. The molecule has 0 unspecified atom stereocenters. The van der Waals surface area contributed by atoms with Crippen LogP contribution in [0, 0.1) is 6.92 Å². The molecule has 0 saturated heterocycles. The molecule has 2 aromatic rings. The fourth-order valence-corrected chi connectivity index (χ4v) is 2.44. The van der Waals surface area contributed by atoms with E-state index in [0.29, 0.717) is 0 Å². The largest absolute Gasteiger partial charge is 0.423 e. The molecule has 1 aliphatic rings. The van der Waals surface area contributed by atoms with Crippen LogP contribution in [0.25, 0.3) is 0 Å². The molecule has 1 aliphatic heterocycles. The topological polar surface area (TPSA) is 61.9 Å². The predicted molar refractivity (Wildman–Crippen MR) is 68.7 cm³/mol. The van der Waals surface area contributed by atoms with Crippen LogP contribution in [0.5, 0.6) is 0 Å². The minimum atomic E-state index is -4.73. The van der Waals surface area contributed by atoms with E-state index in [0.717, 1.165) is 23.1 Å². The number of hydrogen-bond donors (Lipinski definition) is 1. The van der Waals surface area contributed by atoms with Gasteiger partial charge in [0.2, 0.25) is 0 Å². The average molecular weight is 296 g/mol. The van der Waals surface area contributed by atoms with Gasteiger partial charge in [-0.05, 0) is 18.6 Å². The molecule has 0 aliphatic carbocycles. The van der Waals surface area contributed by atoms with Gasteiger partial charge in [0, 0.05) is 12.2 Å². The molecule has 110 valence electrons. The van der Waals surface area contributed by atoms with E-state index in [1.807, 2.05) is 24.2 Å². The number of rotatable bonds is 1. The second-order valence-corrected chi connectivity index (χ2v) is 4.87. The van der Waals surface area contributed by atoms with Crippen molar-refractivity contribution in [3.8, 4) is 0 Å². The molecule has 1 N–H and O–H groups in total. The first-order valence-electron chi connectivity index (χ1n) is 6.21. The number of aromatic amines is 1. The van der Waals surface area contributed by atoms with Crippen molar-refractivity contribution in [3.05, 3.63) is 51.2 Å². The number of aryl methyl sites for hydroxylation is 1. The number of aromatic nitrogens is 3. The van der Waals surface area contributed by atoms with E-state index in [-0.39, 0.29) is 18.8 Å². The van der Waals surface area contributed by atoms with E-state index in [4.69, 9.17) is 0 Å². The number of fused-ring (bicyclic) bond motifs is 1. The Kier molecular flexibility index (Phi) is 2.96. The molecule has 2 aromatic heterocycles. The van der Waals surface area contributed by atoms with Crippen LogP contribution >= 0.6 is 0 Å². The van der Waals surface area contributed by atoms with Crippen LogP contribution in [0.3, 0.4) is 0 Å². The van der Waals surface area contributed by atoms with Crippen LogP contribution in [-0.2, 0) is 19.3 Å². The Balaban J connectivity index is 2.05. The normalized spacial score (nSPS) is 14.4. The highest BCUT2D eigenvalue weighted by molar-refractivity contribution is 5.55. The summed E-state index contributed by atoms with van der Waals surface area (Å²) in [6.45, 7) is 2.32. The van der Waals surface area contributed by atoms with Gasteiger partial charge < -0.3 is 4.90 Å². The second-order valence-electron chi connectivity index (χ2n) is 4.87. The SMILES string of the molecule is Cc1ccc2c(n1)CN(c1cn[nH]c(=O)c1C(F)(F)F)C2. The Hall–Kier alpha value is -2.38. The molecule has 8 heteroatoms. The first-order valence-corrected chi connectivity index (χ1v) is 6.21. The lowest BCUT2D eigenvalue weighted by atomic mass is 10.2. The molecule has 0 aromatic carbocycles. The molecule has 0 saturated carbocycles. The minimum Gasteiger partial charge on any atom is -0.359 e. The van der Waals surface area contributed by atoms with Gasteiger partial charge in [-0.1, -0.05) is 6.07 Å². The molecule has 21 heavy (non-hydrogen) atoms. The second kappa shape index (κ2) is 4.57. The van der Waals surface area contributed by atoms with Crippen molar-refractivity contribution in [3.63, 3.8) is 0 Å². The highest BCUT2D eigenvalue weighted by Crippen LogP contribution is 2.36. The molecule has 0 radical (unpaired) electrons. The van der Waals surface area contributed by atoms with Crippen molar-refractivity contribution in [2.45, 2.75) is 26.2 Å². The van der Waals surface area contributed by atoms with E-state index >= 15 is 0 Å². The smallest absolute Gasteiger partial charge is 0.359 e. The van der Waals surface area contributed by atoms with Gasteiger partial charge >= 0.3 is 6.18 Å². The van der Waals surface area contributed by atoms with Crippen molar-refractivity contribution in [1.29, 1.82) is 0 Å². The highest BCUT2D eigenvalue weighted by atomic mass is 19.4. The molecule has 0 atom stereocenters. The summed E-state index contributed by atoms with van der Waals surface area (Å²) >= 11 is 0. The van der Waals surface area contributed by atoms with Crippen LogP contribution in [0.4, 0.5) is 18.9 Å². The first-order chi connectivity index (χ1) is 9.86. The van der Waals surface area contributed by atoms with Gasteiger partial charge in [0.1, 0.15) is 5.56 Å². The third-order valence-electron chi connectivity index (χ3n) is 3.37. The Morgan fingerprint density at radius 3 is 2.76 bits per heavy atom. The third-order valence-corrected chi connectivity index (χ3v) is 3.37. The van der Waals surface area contributed by atoms with Crippen molar-refractivity contribution in [2.24, 2.45) is 0 Å². The van der Waals surface area contributed by atoms with Gasteiger partial charge in [0.05, 0.1) is 24.1 Å². The molecule has 0 amide bonds. The van der Waals surface area contributed by atoms with E-state index in [2.05, 4.69) is 10.1 Å². The van der Waals surface area contributed by atoms with Gasteiger partial charge in [-0.3, -0.25) is 9.78 Å². The van der Waals surface area contributed by atoms with Crippen molar-refractivity contribution < 1.29 is 13.2 Å². The lowest BCUT2D eigenvalue weighted by molar-refractivity contribution is -0.138. The number of hydrogen-bond acceptors (Lipinski definition) is 4. The highest BCUT2D eigenvalue weighted by Gasteiger charge is 2.39. The van der Waals surface area contributed by atoms with Gasteiger partial charge in [0.25, 0.3) is 5.56 Å². The fourth-order valence-electron chi connectivity index (χ4n) is 2.44. The van der Waals surface area contributed by atoms with E-state index in [1.165, 1.54) is 4.90 Å². The molecular weight excluding hydrogens is 285 g/mol. The van der Waals surface area contributed by atoms with Gasteiger partial charge in [-0.25, -0.2) is 5.10 Å². The van der Waals surface area contributed by atoms with Gasteiger partial charge in [-0.2, -0.15) is 18.3 Å². The fraction of sp³-hybridized carbons (Fsp3) is 0.308. The monoisotopic (exact) mass is 296 g/mol. The van der Waals surface area contributed by atoms with Crippen molar-refractivity contribution in [2.75, 3.05) is 4.90 Å². The van der Waals surface area contributed by atoms with E-state index < -0.39 is 17.3 Å². The van der Waals surface area contributed by atoms with Crippen molar-refractivity contribution in [1.82, 2.24) is 15.2 Å².